The summed E-state index contributed by atoms with van der Waals surface area (Å²) in [6.45, 7) is 0.165. The molecule has 0 aliphatic heterocycles. The monoisotopic (exact) mass is 300 g/mol. The molecule has 18 heavy (non-hydrogen) atoms. The molecule has 0 aliphatic carbocycles. The van der Waals surface area contributed by atoms with E-state index >= 15 is 0 Å². The molecule has 0 saturated heterocycles. The van der Waals surface area contributed by atoms with E-state index in [9.17, 15) is 4.79 Å². The predicted octanol–water partition coefficient (Wildman–Crippen LogP) is 4.11. The van der Waals surface area contributed by atoms with Gasteiger partial charge in [-0.05, 0) is 23.6 Å². The van der Waals surface area contributed by atoms with Gasteiger partial charge in [-0.25, -0.2) is 0 Å². The molecule has 2 aromatic rings. The lowest BCUT2D eigenvalue weighted by Crippen LogP contribution is -2.21. The van der Waals surface area contributed by atoms with Crippen LogP contribution in [0.4, 0.5) is 11.4 Å². The number of anilines is 2. The fourth-order valence-corrected chi connectivity index (χ4v) is 2.45. The van der Waals surface area contributed by atoms with Gasteiger partial charge in [0.1, 0.15) is 0 Å². The van der Waals surface area contributed by atoms with Crippen molar-refractivity contribution >= 4 is 51.8 Å². The molecule has 94 valence electrons. The SMILES string of the molecule is O=C(CNc1ccsc1)Nc1c(Cl)cccc1Cl. The molecule has 2 rings (SSSR count). The lowest BCUT2D eigenvalue weighted by atomic mass is 10.3. The zero-order valence-corrected chi connectivity index (χ0v) is 11.6. The summed E-state index contributed by atoms with van der Waals surface area (Å²) in [5.41, 5.74) is 1.36. The van der Waals surface area contributed by atoms with Crippen LogP contribution in [-0.4, -0.2) is 12.5 Å². The number of hydrogen-bond donors (Lipinski definition) is 2. The molecule has 0 saturated carbocycles. The number of para-hydroxylation sites is 1. The zero-order valence-electron chi connectivity index (χ0n) is 9.24. The molecular weight excluding hydrogens is 291 g/mol. The summed E-state index contributed by atoms with van der Waals surface area (Å²) in [4.78, 5) is 11.7. The number of carbonyl (C=O) groups excluding carboxylic acids is 1. The van der Waals surface area contributed by atoms with Crippen molar-refractivity contribution in [3.05, 3.63) is 45.1 Å². The smallest absolute Gasteiger partial charge is 0.243 e. The molecule has 1 heterocycles. The van der Waals surface area contributed by atoms with E-state index in [1.807, 2.05) is 16.8 Å². The molecule has 6 heteroatoms. The first kappa shape index (κ1) is 13.2. The average Bonchev–Trinajstić information content (AvgIpc) is 2.84. The largest absolute Gasteiger partial charge is 0.375 e. The van der Waals surface area contributed by atoms with Crippen LogP contribution in [0.1, 0.15) is 0 Å². The van der Waals surface area contributed by atoms with Gasteiger partial charge in [-0.1, -0.05) is 29.3 Å². The molecule has 0 fully saturated rings. The number of hydrogen-bond acceptors (Lipinski definition) is 3. The van der Waals surface area contributed by atoms with Crippen LogP contribution in [0, 0.1) is 0 Å². The van der Waals surface area contributed by atoms with Crippen molar-refractivity contribution in [3.8, 4) is 0 Å². The molecule has 0 spiro atoms. The third-order valence-electron chi connectivity index (χ3n) is 2.20. The van der Waals surface area contributed by atoms with Crippen molar-refractivity contribution in [1.29, 1.82) is 0 Å². The van der Waals surface area contributed by atoms with Gasteiger partial charge in [0.15, 0.2) is 0 Å². The quantitative estimate of drug-likeness (QED) is 0.892. The maximum atomic E-state index is 11.7. The van der Waals surface area contributed by atoms with Gasteiger partial charge in [0, 0.05) is 11.1 Å². The Labute approximate surface area is 119 Å². The molecule has 0 atom stereocenters. The molecule has 1 aromatic carbocycles. The average molecular weight is 301 g/mol. The summed E-state index contributed by atoms with van der Waals surface area (Å²) in [6, 6.07) is 6.98. The van der Waals surface area contributed by atoms with Crippen molar-refractivity contribution in [1.82, 2.24) is 0 Å². The van der Waals surface area contributed by atoms with Gasteiger partial charge in [0.05, 0.1) is 22.3 Å². The highest BCUT2D eigenvalue weighted by molar-refractivity contribution is 7.08. The van der Waals surface area contributed by atoms with E-state index < -0.39 is 0 Å². The van der Waals surface area contributed by atoms with Crippen molar-refractivity contribution in [2.45, 2.75) is 0 Å². The first-order valence-electron chi connectivity index (χ1n) is 5.17. The van der Waals surface area contributed by atoms with Crippen LogP contribution in [0.3, 0.4) is 0 Å². The van der Waals surface area contributed by atoms with Crippen LogP contribution in [0.5, 0.6) is 0 Å². The second-order valence-corrected chi connectivity index (χ2v) is 5.10. The Kier molecular flexibility index (Phi) is 4.47. The van der Waals surface area contributed by atoms with Gasteiger partial charge >= 0.3 is 0 Å². The van der Waals surface area contributed by atoms with E-state index in [4.69, 9.17) is 23.2 Å². The topological polar surface area (TPSA) is 41.1 Å². The highest BCUT2D eigenvalue weighted by Gasteiger charge is 2.09. The molecule has 0 bridgehead atoms. The highest BCUT2D eigenvalue weighted by atomic mass is 35.5. The standard InChI is InChI=1S/C12H10Cl2N2OS/c13-9-2-1-3-10(14)12(9)16-11(17)6-15-8-4-5-18-7-8/h1-5,7,15H,6H2,(H,16,17). The summed E-state index contributed by atoms with van der Waals surface area (Å²) in [5.74, 6) is -0.198. The van der Waals surface area contributed by atoms with E-state index in [1.54, 1.807) is 29.5 Å². The molecule has 2 N–H and O–H groups in total. The maximum absolute atomic E-state index is 11.7. The molecule has 1 amide bonds. The van der Waals surface area contributed by atoms with E-state index in [-0.39, 0.29) is 12.5 Å². The van der Waals surface area contributed by atoms with Gasteiger partial charge in [-0.3, -0.25) is 4.79 Å². The van der Waals surface area contributed by atoms with Crippen LogP contribution >= 0.6 is 34.5 Å². The van der Waals surface area contributed by atoms with Crippen molar-refractivity contribution in [2.75, 3.05) is 17.2 Å². The maximum Gasteiger partial charge on any atom is 0.243 e. The van der Waals surface area contributed by atoms with Gasteiger partial charge in [0.2, 0.25) is 5.91 Å². The molecule has 0 radical (unpaired) electrons. The number of nitrogens with one attached hydrogen (secondary N) is 2. The number of rotatable bonds is 4. The molecule has 1 aromatic heterocycles. The van der Waals surface area contributed by atoms with Crippen molar-refractivity contribution < 1.29 is 4.79 Å². The molecule has 3 nitrogen and oxygen atoms in total. The van der Waals surface area contributed by atoms with Gasteiger partial charge in [0.25, 0.3) is 0 Å². The van der Waals surface area contributed by atoms with E-state index in [0.29, 0.717) is 15.7 Å². The third kappa shape index (κ3) is 3.38. The van der Waals surface area contributed by atoms with Crippen LogP contribution in [0.15, 0.2) is 35.0 Å². The Morgan fingerprint density at radius 1 is 1.22 bits per heavy atom. The molecule has 0 unspecified atom stereocenters. The minimum atomic E-state index is -0.198. The normalized spacial score (nSPS) is 10.1. The second kappa shape index (κ2) is 6.09. The molecule has 0 aliphatic rings. The minimum Gasteiger partial charge on any atom is -0.375 e. The lowest BCUT2D eigenvalue weighted by Gasteiger charge is -2.09. The number of thiophene rings is 1. The van der Waals surface area contributed by atoms with Crippen LogP contribution in [0.25, 0.3) is 0 Å². The van der Waals surface area contributed by atoms with Crippen LogP contribution in [0.2, 0.25) is 10.0 Å². The summed E-state index contributed by atoms with van der Waals surface area (Å²) in [6.07, 6.45) is 0. The van der Waals surface area contributed by atoms with Crippen LogP contribution in [-0.2, 0) is 4.79 Å². The summed E-state index contributed by atoms with van der Waals surface area (Å²) >= 11 is 13.5. The van der Waals surface area contributed by atoms with Gasteiger partial charge in [-0.2, -0.15) is 11.3 Å². The fourth-order valence-electron chi connectivity index (χ4n) is 1.35. The lowest BCUT2D eigenvalue weighted by molar-refractivity contribution is -0.114. The van der Waals surface area contributed by atoms with E-state index in [1.165, 1.54) is 0 Å². The number of halogens is 2. The van der Waals surface area contributed by atoms with Crippen LogP contribution < -0.4 is 10.6 Å². The Morgan fingerprint density at radius 2 is 1.94 bits per heavy atom. The van der Waals surface area contributed by atoms with E-state index in [2.05, 4.69) is 10.6 Å². The summed E-state index contributed by atoms with van der Waals surface area (Å²) < 4.78 is 0. The Balaban J connectivity index is 1.95. The Bertz CT molecular complexity index is 523. The Morgan fingerprint density at radius 3 is 2.56 bits per heavy atom. The molecular formula is C12H10Cl2N2OS. The summed E-state index contributed by atoms with van der Waals surface area (Å²) in [7, 11) is 0. The fraction of sp³-hybridized carbons (Fsp3) is 0.0833. The zero-order chi connectivity index (χ0) is 13.0. The van der Waals surface area contributed by atoms with Crippen molar-refractivity contribution in [3.63, 3.8) is 0 Å². The number of benzene rings is 1. The van der Waals surface area contributed by atoms with Crippen molar-refractivity contribution in [2.24, 2.45) is 0 Å². The predicted molar refractivity (Wildman–Crippen MR) is 77.9 cm³/mol. The Hall–Kier alpha value is -1.23. The number of amides is 1. The third-order valence-corrected chi connectivity index (χ3v) is 3.51. The first-order chi connectivity index (χ1) is 8.66. The second-order valence-electron chi connectivity index (χ2n) is 3.51. The number of carbonyl (C=O) groups is 1. The van der Waals surface area contributed by atoms with E-state index in [0.717, 1.165) is 5.69 Å². The summed E-state index contributed by atoms with van der Waals surface area (Å²) in [5, 5.41) is 10.4. The van der Waals surface area contributed by atoms with Gasteiger partial charge in [-0.15, -0.1) is 0 Å². The van der Waals surface area contributed by atoms with Gasteiger partial charge < -0.3 is 10.6 Å². The first-order valence-corrected chi connectivity index (χ1v) is 6.86. The highest BCUT2D eigenvalue weighted by Crippen LogP contribution is 2.29. The minimum absolute atomic E-state index is 0.165.